The Balaban J connectivity index is 1.61. The molecule has 162 valence electrons. The molecule has 0 atom stereocenters. The third-order valence-corrected chi connectivity index (χ3v) is 6.06. The number of hydrogen-bond donors (Lipinski definition) is 0. The molecule has 1 aromatic heterocycles. The van der Waals surface area contributed by atoms with Gasteiger partial charge in [-0.1, -0.05) is 46.3 Å². The number of para-hydroxylation sites is 1. The Kier molecular flexibility index (Phi) is 6.84. The Morgan fingerprint density at radius 3 is 2.52 bits per heavy atom. The number of aromatic nitrogens is 3. The molecule has 1 aliphatic heterocycles. The SMILES string of the molecule is CCOC(=O)N1CCN(Cn2nc(-c3cccc(Br)c3)n(-c3ccccc3)c2=S)CC1. The van der Waals surface area contributed by atoms with Crippen LogP contribution in [0.25, 0.3) is 17.1 Å². The van der Waals surface area contributed by atoms with Crippen LogP contribution in [0.3, 0.4) is 0 Å². The Hall–Kier alpha value is -2.49. The lowest BCUT2D eigenvalue weighted by Gasteiger charge is -2.33. The van der Waals surface area contributed by atoms with Crippen molar-refractivity contribution < 1.29 is 9.53 Å². The molecular weight excluding hydrogens is 478 g/mol. The van der Waals surface area contributed by atoms with Crippen molar-refractivity contribution in [2.45, 2.75) is 13.6 Å². The largest absolute Gasteiger partial charge is 0.450 e. The van der Waals surface area contributed by atoms with Gasteiger partial charge >= 0.3 is 6.09 Å². The van der Waals surface area contributed by atoms with Crippen molar-refractivity contribution in [3.63, 3.8) is 0 Å². The Morgan fingerprint density at radius 2 is 1.84 bits per heavy atom. The van der Waals surface area contributed by atoms with E-state index in [4.69, 9.17) is 22.1 Å². The first kappa shape index (κ1) is 21.7. The highest BCUT2D eigenvalue weighted by Crippen LogP contribution is 2.25. The molecule has 2 heterocycles. The molecule has 0 N–H and O–H groups in total. The molecule has 3 aromatic rings. The molecule has 0 saturated carbocycles. The molecule has 0 bridgehead atoms. The number of piperazine rings is 1. The van der Waals surface area contributed by atoms with Crippen molar-refractivity contribution in [2.24, 2.45) is 0 Å². The topological polar surface area (TPSA) is 55.5 Å². The van der Waals surface area contributed by atoms with Crippen LogP contribution < -0.4 is 0 Å². The van der Waals surface area contributed by atoms with Crippen LogP contribution in [-0.4, -0.2) is 63.0 Å². The van der Waals surface area contributed by atoms with Gasteiger partial charge in [0.25, 0.3) is 0 Å². The van der Waals surface area contributed by atoms with Crippen molar-refractivity contribution >= 4 is 34.2 Å². The van der Waals surface area contributed by atoms with E-state index in [1.54, 1.807) is 4.90 Å². The van der Waals surface area contributed by atoms with Gasteiger partial charge in [-0.05, 0) is 43.4 Å². The Morgan fingerprint density at radius 1 is 1.10 bits per heavy atom. The van der Waals surface area contributed by atoms with Crippen LogP contribution in [0.4, 0.5) is 4.79 Å². The van der Waals surface area contributed by atoms with Crippen molar-refractivity contribution in [3.8, 4) is 17.1 Å². The molecule has 0 aliphatic carbocycles. The van der Waals surface area contributed by atoms with E-state index >= 15 is 0 Å². The second-order valence-corrected chi connectivity index (χ2v) is 8.51. The smallest absolute Gasteiger partial charge is 0.409 e. The number of amides is 1. The third kappa shape index (κ3) is 4.89. The summed E-state index contributed by atoms with van der Waals surface area (Å²) in [7, 11) is 0. The van der Waals surface area contributed by atoms with Gasteiger partial charge in [0.05, 0.1) is 13.3 Å². The highest BCUT2D eigenvalue weighted by molar-refractivity contribution is 9.10. The summed E-state index contributed by atoms with van der Waals surface area (Å²) in [4.78, 5) is 15.9. The van der Waals surface area contributed by atoms with Gasteiger partial charge in [-0.2, -0.15) is 0 Å². The highest BCUT2D eigenvalue weighted by atomic mass is 79.9. The molecule has 1 fully saturated rings. The maximum atomic E-state index is 12.0. The first-order valence-electron chi connectivity index (χ1n) is 10.2. The average Bonchev–Trinajstić information content (AvgIpc) is 3.11. The molecule has 2 aromatic carbocycles. The molecule has 9 heteroatoms. The summed E-state index contributed by atoms with van der Waals surface area (Å²) in [6, 6.07) is 18.1. The minimum absolute atomic E-state index is 0.246. The van der Waals surface area contributed by atoms with E-state index in [0.29, 0.717) is 31.1 Å². The summed E-state index contributed by atoms with van der Waals surface area (Å²) in [6.07, 6.45) is -0.246. The predicted molar refractivity (Wildman–Crippen MR) is 126 cm³/mol. The molecule has 7 nitrogen and oxygen atoms in total. The van der Waals surface area contributed by atoms with Gasteiger partial charge in [0.15, 0.2) is 5.82 Å². The van der Waals surface area contributed by atoms with Gasteiger partial charge in [0, 0.05) is 41.9 Å². The van der Waals surface area contributed by atoms with Crippen LogP contribution in [0.2, 0.25) is 0 Å². The first-order chi connectivity index (χ1) is 15.1. The lowest BCUT2D eigenvalue weighted by Crippen LogP contribution is -2.49. The number of carbonyl (C=O) groups is 1. The number of nitrogens with zero attached hydrogens (tertiary/aromatic N) is 5. The first-order valence-corrected chi connectivity index (χ1v) is 11.4. The number of carbonyl (C=O) groups excluding carboxylic acids is 1. The quantitative estimate of drug-likeness (QED) is 0.479. The molecule has 0 spiro atoms. The number of benzene rings is 2. The van der Waals surface area contributed by atoms with E-state index < -0.39 is 0 Å². The van der Waals surface area contributed by atoms with Crippen molar-refractivity contribution in [2.75, 3.05) is 32.8 Å². The van der Waals surface area contributed by atoms with Gasteiger partial charge in [0.2, 0.25) is 4.77 Å². The number of halogens is 1. The molecule has 1 aliphatic rings. The van der Waals surface area contributed by atoms with Crippen LogP contribution in [0.15, 0.2) is 59.1 Å². The van der Waals surface area contributed by atoms with Crippen LogP contribution in [0.1, 0.15) is 6.92 Å². The average molecular weight is 502 g/mol. The van der Waals surface area contributed by atoms with E-state index in [1.165, 1.54) is 0 Å². The van der Waals surface area contributed by atoms with Gasteiger partial charge in [-0.25, -0.2) is 9.48 Å². The summed E-state index contributed by atoms with van der Waals surface area (Å²) >= 11 is 9.39. The second-order valence-electron chi connectivity index (χ2n) is 7.23. The molecule has 1 saturated heterocycles. The molecule has 4 rings (SSSR count). The maximum Gasteiger partial charge on any atom is 0.409 e. The van der Waals surface area contributed by atoms with Crippen molar-refractivity contribution in [1.29, 1.82) is 0 Å². The van der Waals surface area contributed by atoms with Crippen LogP contribution in [0, 0.1) is 4.77 Å². The van der Waals surface area contributed by atoms with Crippen LogP contribution in [-0.2, 0) is 11.4 Å². The number of ether oxygens (including phenoxy) is 1. The predicted octanol–water partition coefficient (Wildman–Crippen LogP) is 4.56. The summed E-state index contributed by atoms with van der Waals surface area (Å²) in [5.41, 5.74) is 1.95. The van der Waals surface area contributed by atoms with Gasteiger partial charge < -0.3 is 9.64 Å². The summed E-state index contributed by atoms with van der Waals surface area (Å²) in [5.74, 6) is 0.794. The zero-order valence-corrected chi connectivity index (χ0v) is 19.7. The lowest BCUT2D eigenvalue weighted by molar-refractivity contribution is 0.0691. The number of rotatable bonds is 5. The highest BCUT2D eigenvalue weighted by Gasteiger charge is 2.23. The Labute approximate surface area is 195 Å². The standard InChI is InChI=1S/C22H24BrN5O2S/c1-2-30-22(29)26-13-11-25(12-14-26)16-27-21(31)28(19-9-4-3-5-10-19)20(24-27)17-7-6-8-18(23)15-17/h3-10,15H,2,11-14,16H2,1H3. The molecule has 1 amide bonds. The van der Waals surface area contributed by atoms with Gasteiger partial charge in [0.1, 0.15) is 0 Å². The van der Waals surface area contributed by atoms with E-state index in [1.807, 2.05) is 70.8 Å². The minimum atomic E-state index is -0.246. The van der Waals surface area contributed by atoms with E-state index in [9.17, 15) is 4.79 Å². The van der Waals surface area contributed by atoms with E-state index in [0.717, 1.165) is 34.6 Å². The second kappa shape index (κ2) is 9.76. The van der Waals surface area contributed by atoms with Crippen molar-refractivity contribution in [1.82, 2.24) is 24.1 Å². The van der Waals surface area contributed by atoms with Gasteiger partial charge in [-0.3, -0.25) is 9.47 Å². The van der Waals surface area contributed by atoms with Gasteiger partial charge in [-0.15, -0.1) is 5.10 Å². The Bertz CT molecular complexity index is 1110. The normalized spacial score (nSPS) is 14.6. The fourth-order valence-corrected chi connectivity index (χ4v) is 4.29. The molecule has 0 radical (unpaired) electrons. The molecular formula is C22H24BrN5O2S. The van der Waals surface area contributed by atoms with Crippen LogP contribution >= 0.6 is 28.1 Å². The minimum Gasteiger partial charge on any atom is -0.450 e. The lowest BCUT2D eigenvalue weighted by atomic mass is 10.2. The van der Waals surface area contributed by atoms with Crippen molar-refractivity contribution in [3.05, 3.63) is 63.8 Å². The zero-order chi connectivity index (χ0) is 21.8. The fourth-order valence-electron chi connectivity index (χ4n) is 3.60. The summed E-state index contributed by atoms with van der Waals surface area (Å²) < 4.78 is 10.6. The fraction of sp³-hybridized carbons (Fsp3) is 0.318. The molecule has 0 unspecified atom stereocenters. The maximum absolute atomic E-state index is 12.0. The monoisotopic (exact) mass is 501 g/mol. The van der Waals surface area contributed by atoms with Crippen LogP contribution in [0.5, 0.6) is 0 Å². The van der Waals surface area contributed by atoms with E-state index in [-0.39, 0.29) is 6.09 Å². The van der Waals surface area contributed by atoms with E-state index in [2.05, 4.69) is 20.8 Å². The summed E-state index contributed by atoms with van der Waals surface area (Å²) in [6.45, 7) is 5.52. The summed E-state index contributed by atoms with van der Waals surface area (Å²) in [5, 5.41) is 4.88. The zero-order valence-electron chi connectivity index (χ0n) is 17.3. The number of hydrogen-bond acceptors (Lipinski definition) is 5. The molecule has 31 heavy (non-hydrogen) atoms. The third-order valence-electron chi connectivity index (χ3n) is 5.17.